The monoisotopic (exact) mass is 305 g/mol. The SMILES string of the molecule is C=CCN1COc2c(c3c(C)c(C#N)oc3c3cccnc23)C1. The van der Waals surface area contributed by atoms with Gasteiger partial charge < -0.3 is 9.15 Å². The summed E-state index contributed by atoms with van der Waals surface area (Å²) in [5.74, 6) is 1.14. The van der Waals surface area contributed by atoms with Gasteiger partial charge in [-0.3, -0.25) is 9.88 Å². The standard InChI is InChI=1S/C18H15N3O2/c1-3-7-21-9-13-15-11(2)14(8-19)23-17(15)12-5-4-6-20-16(12)18(13)22-10-21/h3-6H,1,7,9-10H2,2H3. The Balaban J connectivity index is 2.11. The van der Waals surface area contributed by atoms with Gasteiger partial charge >= 0.3 is 0 Å². The number of hydrogen-bond donors (Lipinski definition) is 0. The Kier molecular flexibility index (Phi) is 3.07. The average molecular weight is 305 g/mol. The zero-order valence-electron chi connectivity index (χ0n) is 12.8. The van der Waals surface area contributed by atoms with Crippen LogP contribution >= 0.6 is 0 Å². The van der Waals surface area contributed by atoms with Crippen LogP contribution in [0.1, 0.15) is 16.9 Å². The van der Waals surface area contributed by atoms with Gasteiger partial charge in [-0.1, -0.05) is 6.08 Å². The van der Waals surface area contributed by atoms with E-state index in [4.69, 9.17) is 9.15 Å². The molecule has 1 aliphatic rings. The van der Waals surface area contributed by atoms with Gasteiger partial charge in [0.2, 0.25) is 5.76 Å². The maximum Gasteiger partial charge on any atom is 0.207 e. The fourth-order valence-electron chi connectivity index (χ4n) is 3.23. The summed E-state index contributed by atoms with van der Waals surface area (Å²) in [6, 6.07) is 5.95. The Morgan fingerprint density at radius 1 is 1.52 bits per heavy atom. The molecule has 0 aliphatic carbocycles. The first-order valence-electron chi connectivity index (χ1n) is 7.43. The third-order valence-corrected chi connectivity index (χ3v) is 4.25. The highest BCUT2D eigenvalue weighted by atomic mass is 16.5. The second kappa shape index (κ2) is 5.11. The van der Waals surface area contributed by atoms with E-state index in [0.717, 1.165) is 46.3 Å². The van der Waals surface area contributed by atoms with Crippen molar-refractivity contribution in [1.82, 2.24) is 9.88 Å². The molecule has 0 unspecified atom stereocenters. The summed E-state index contributed by atoms with van der Waals surface area (Å²) in [4.78, 5) is 6.61. The van der Waals surface area contributed by atoms with Gasteiger partial charge in [-0.05, 0) is 19.1 Å². The number of rotatable bonds is 2. The Labute approximate surface area is 133 Å². The first kappa shape index (κ1) is 13.8. The number of aromatic nitrogens is 1. The number of nitrogens with zero attached hydrogens (tertiary/aromatic N) is 3. The molecule has 3 aromatic rings. The lowest BCUT2D eigenvalue weighted by atomic mass is 9.99. The van der Waals surface area contributed by atoms with Crippen LogP contribution in [0, 0.1) is 18.3 Å². The van der Waals surface area contributed by atoms with Crippen LogP contribution in [0.2, 0.25) is 0 Å². The molecule has 5 heteroatoms. The normalized spacial score (nSPS) is 14.4. The molecule has 0 N–H and O–H groups in total. The molecule has 2 aromatic heterocycles. The zero-order valence-corrected chi connectivity index (χ0v) is 12.8. The number of pyridine rings is 1. The van der Waals surface area contributed by atoms with Crippen LogP contribution in [-0.4, -0.2) is 23.2 Å². The number of furan rings is 1. The smallest absolute Gasteiger partial charge is 0.207 e. The van der Waals surface area contributed by atoms with Crippen LogP contribution in [-0.2, 0) is 6.54 Å². The molecule has 23 heavy (non-hydrogen) atoms. The van der Waals surface area contributed by atoms with Crippen LogP contribution in [0.5, 0.6) is 5.75 Å². The van der Waals surface area contributed by atoms with Crippen LogP contribution in [0.25, 0.3) is 21.9 Å². The van der Waals surface area contributed by atoms with Crippen molar-refractivity contribution in [2.45, 2.75) is 13.5 Å². The molecule has 114 valence electrons. The Hall–Kier alpha value is -2.84. The summed E-state index contributed by atoms with van der Waals surface area (Å²) in [5.41, 5.74) is 3.38. The lowest BCUT2D eigenvalue weighted by Crippen LogP contribution is -2.32. The van der Waals surface area contributed by atoms with Crippen LogP contribution in [0.4, 0.5) is 0 Å². The topological polar surface area (TPSA) is 62.3 Å². The molecule has 0 atom stereocenters. The van der Waals surface area contributed by atoms with E-state index in [9.17, 15) is 5.26 Å². The minimum atomic E-state index is 0.347. The van der Waals surface area contributed by atoms with Gasteiger partial charge in [-0.15, -0.1) is 6.58 Å². The highest BCUT2D eigenvalue weighted by Gasteiger charge is 2.27. The van der Waals surface area contributed by atoms with Crippen LogP contribution in [0.3, 0.4) is 0 Å². The number of aryl methyl sites for hydroxylation is 1. The maximum atomic E-state index is 9.32. The highest BCUT2D eigenvalue weighted by Crippen LogP contribution is 2.42. The first-order chi connectivity index (χ1) is 11.2. The van der Waals surface area contributed by atoms with Crippen molar-refractivity contribution in [2.75, 3.05) is 13.3 Å². The number of benzene rings is 1. The highest BCUT2D eigenvalue weighted by molar-refractivity contribution is 6.09. The second-order valence-corrected chi connectivity index (χ2v) is 5.65. The van der Waals surface area contributed by atoms with Crippen molar-refractivity contribution < 1.29 is 9.15 Å². The molecule has 5 nitrogen and oxygen atoms in total. The van der Waals surface area contributed by atoms with Crippen molar-refractivity contribution in [2.24, 2.45) is 0 Å². The van der Waals surface area contributed by atoms with E-state index in [2.05, 4.69) is 22.5 Å². The van der Waals surface area contributed by atoms with E-state index in [-0.39, 0.29) is 0 Å². The molecule has 1 aliphatic heterocycles. The maximum absolute atomic E-state index is 9.32. The summed E-state index contributed by atoms with van der Waals surface area (Å²) in [7, 11) is 0. The van der Waals surface area contributed by atoms with E-state index in [0.29, 0.717) is 18.1 Å². The van der Waals surface area contributed by atoms with E-state index < -0.39 is 0 Å². The van der Waals surface area contributed by atoms with Crippen molar-refractivity contribution in [3.63, 3.8) is 0 Å². The lowest BCUT2D eigenvalue weighted by Gasteiger charge is -2.29. The van der Waals surface area contributed by atoms with E-state index in [1.807, 2.05) is 25.1 Å². The molecule has 0 amide bonds. The van der Waals surface area contributed by atoms with Gasteiger partial charge in [0, 0.05) is 41.2 Å². The predicted octanol–water partition coefficient (Wildman–Crippen LogP) is 3.50. The van der Waals surface area contributed by atoms with Crippen molar-refractivity contribution in [3.05, 3.63) is 47.9 Å². The van der Waals surface area contributed by atoms with Crippen molar-refractivity contribution in [3.8, 4) is 11.8 Å². The minimum Gasteiger partial charge on any atom is -0.475 e. The van der Waals surface area contributed by atoms with Crippen LogP contribution in [0.15, 0.2) is 35.4 Å². The lowest BCUT2D eigenvalue weighted by molar-refractivity contribution is 0.110. The minimum absolute atomic E-state index is 0.347. The molecule has 0 saturated carbocycles. The largest absolute Gasteiger partial charge is 0.475 e. The summed E-state index contributed by atoms with van der Waals surface area (Å²) in [6.45, 7) is 7.66. The molecule has 0 bridgehead atoms. The van der Waals surface area contributed by atoms with Gasteiger partial charge in [-0.2, -0.15) is 5.26 Å². The Morgan fingerprint density at radius 3 is 3.17 bits per heavy atom. The van der Waals surface area contributed by atoms with Crippen molar-refractivity contribution in [1.29, 1.82) is 5.26 Å². The molecule has 4 rings (SSSR count). The molecule has 3 heterocycles. The van der Waals surface area contributed by atoms with E-state index in [1.165, 1.54) is 0 Å². The molecule has 0 spiro atoms. The van der Waals surface area contributed by atoms with E-state index in [1.54, 1.807) is 6.20 Å². The van der Waals surface area contributed by atoms with Gasteiger partial charge in [0.25, 0.3) is 0 Å². The van der Waals surface area contributed by atoms with Gasteiger partial charge in [0.15, 0.2) is 5.75 Å². The Morgan fingerprint density at radius 2 is 2.39 bits per heavy atom. The number of fused-ring (bicyclic) bond motifs is 6. The average Bonchev–Trinajstić information content (AvgIpc) is 2.92. The second-order valence-electron chi connectivity index (χ2n) is 5.65. The Bertz CT molecular complexity index is 981. The van der Waals surface area contributed by atoms with Gasteiger partial charge in [0.05, 0.1) is 0 Å². The number of nitriles is 1. The third-order valence-electron chi connectivity index (χ3n) is 4.25. The summed E-state index contributed by atoms with van der Waals surface area (Å²) < 4.78 is 11.8. The molecular weight excluding hydrogens is 290 g/mol. The fraction of sp³-hybridized carbons (Fsp3) is 0.222. The predicted molar refractivity (Wildman–Crippen MR) is 87.1 cm³/mol. The van der Waals surface area contributed by atoms with Crippen LogP contribution < -0.4 is 4.74 Å². The first-order valence-corrected chi connectivity index (χ1v) is 7.43. The van der Waals surface area contributed by atoms with Crippen molar-refractivity contribution >= 4 is 21.9 Å². The molecule has 0 fully saturated rings. The molecule has 0 radical (unpaired) electrons. The number of ether oxygens (including phenoxy) is 1. The zero-order chi connectivity index (χ0) is 16.0. The van der Waals surface area contributed by atoms with E-state index >= 15 is 0 Å². The summed E-state index contributed by atoms with van der Waals surface area (Å²) >= 11 is 0. The third kappa shape index (κ3) is 1.92. The molecule has 0 saturated heterocycles. The molecule has 1 aromatic carbocycles. The number of hydrogen-bond acceptors (Lipinski definition) is 5. The quantitative estimate of drug-likeness (QED) is 0.678. The molecular formula is C18H15N3O2. The fourth-order valence-corrected chi connectivity index (χ4v) is 3.23. The van der Waals surface area contributed by atoms with Gasteiger partial charge in [-0.25, -0.2) is 0 Å². The summed E-state index contributed by atoms with van der Waals surface area (Å²) in [6.07, 6.45) is 3.60. The van der Waals surface area contributed by atoms with Gasteiger partial charge in [0.1, 0.15) is 23.9 Å². The summed E-state index contributed by atoms with van der Waals surface area (Å²) in [5, 5.41) is 11.2.